The number of nitrogens with one attached hydrogen (secondary N) is 4. The number of hydrogen-bond donors (Lipinski definition) is 4. The number of aromatic nitrogens is 2. The maximum atomic E-state index is 8.03. The molecule has 0 atom stereocenters. The lowest BCUT2D eigenvalue weighted by molar-refractivity contribution is 0.409. The molecule has 0 aliphatic heterocycles. The number of aromatic amines is 1. The number of aryl methyl sites for hydroxylation is 1. The highest BCUT2D eigenvalue weighted by molar-refractivity contribution is 5.90. The van der Waals surface area contributed by atoms with Gasteiger partial charge in [-0.25, -0.2) is 0 Å². The summed E-state index contributed by atoms with van der Waals surface area (Å²) in [6, 6.07) is 17.8. The highest BCUT2D eigenvalue weighted by atomic mass is 16.5. The first-order valence-electron chi connectivity index (χ1n) is 7.99. The molecule has 6 nitrogen and oxygen atoms in total. The van der Waals surface area contributed by atoms with Crippen molar-refractivity contribution < 1.29 is 4.74 Å². The third kappa shape index (κ3) is 4.17. The molecule has 0 fully saturated rings. The number of nitrogens with zero attached hydrogens (tertiary/aromatic N) is 1. The van der Waals surface area contributed by atoms with Crippen LogP contribution in [0.3, 0.4) is 0 Å². The topological polar surface area (TPSA) is 85.8 Å². The molecule has 1 heterocycles. The molecule has 0 unspecified atom stereocenters. The van der Waals surface area contributed by atoms with E-state index in [2.05, 4.69) is 39.9 Å². The minimum Gasteiger partial charge on any atom is -0.496 e. The van der Waals surface area contributed by atoms with E-state index in [0.717, 1.165) is 22.6 Å². The Hall–Kier alpha value is -3.28. The van der Waals surface area contributed by atoms with E-state index in [1.54, 1.807) is 7.11 Å². The van der Waals surface area contributed by atoms with Crippen molar-refractivity contribution in [3.8, 4) is 17.0 Å². The number of H-pyrrole nitrogens is 1. The summed E-state index contributed by atoms with van der Waals surface area (Å²) >= 11 is 0. The second-order valence-electron chi connectivity index (χ2n) is 5.70. The Morgan fingerprint density at radius 2 is 1.92 bits per heavy atom. The monoisotopic (exact) mass is 335 g/mol. The van der Waals surface area contributed by atoms with Crippen LogP contribution in [0.5, 0.6) is 5.75 Å². The molecule has 0 bridgehead atoms. The largest absolute Gasteiger partial charge is 0.496 e. The molecule has 4 N–H and O–H groups in total. The zero-order chi connectivity index (χ0) is 17.6. The summed E-state index contributed by atoms with van der Waals surface area (Å²) in [5.41, 5.74) is 4.16. The Kier molecular flexibility index (Phi) is 4.99. The van der Waals surface area contributed by atoms with E-state index in [1.807, 2.05) is 42.5 Å². The van der Waals surface area contributed by atoms with Crippen LogP contribution in [0.25, 0.3) is 11.3 Å². The molecule has 25 heavy (non-hydrogen) atoms. The van der Waals surface area contributed by atoms with Crippen LogP contribution in [-0.4, -0.2) is 23.3 Å². The summed E-state index contributed by atoms with van der Waals surface area (Å²) < 4.78 is 5.31. The molecule has 3 rings (SSSR count). The van der Waals surface area contributed by atoms with Crippen molar-refractivity contribution in [3.63, 3.8) is 0 Å². The molecule has 2 aromatic carbocycles. The van der Waals surface area contributed by atoms with Crippen molar-refractivity contribution in [3.05, 3.63) is 65.7 Å². The average molecular weight is 335 g/mol. The smallest absolute Gasteiger partial charge is 0.194 e. The zero-order valence-corrected chi connectivity index (χ0v) is 14.3. The van der Waals surface area contributed by atoms with E-state index in [-0.39, 0.29) is 5.96 Å². The first-order valence-corrected chi connectivity index (χ1v) is 7.99. The van der Waals surface area contributed by atoms with Gasteiger partial charge in [-0.05, 0) is 18.6 Å². The number of ether oxygens (including phenoxy) is 1. The number of anilines is 1. The molecule has 0 radical (unpaired) electrons. The quantitative estimate of drug-likeness (QED) is 0.424. The molecule has 6 heteroatoms. The van der Waals surface area contributed by atoms with Gasteiger partial charge >= 0.3 is 0 Å². The Balaban J connectivity index is 1.59. The number of rotatable bonds is 5. The normalized spacial score (nSPS) is 10.3. The Bertz CT molecular complexity index is 854. The average Bonchev–Trinajstić information content (AvgIpc) is 3.09. The predicted molar refractivity (Wildman–Crippen MR) is 99.9 cm³/mol. The van der Waals surface area contributed by atoms with E-state index in [4.69, 9.17) is 10.1 Å². The van der Waals surface area contributed by atoms with Gasteiger partial charge in [-0.3, -0.25) is 10.5 Å². The second-order valence-corrected chi connectivity index (χ2v) is 5.70. The summed E-state index contributed by atoms with van der Waals surface area (Å²) in [6.45, 7) is 2.55. The first kappa shape index (κ1) is 16.6. The maximum absolute atomic E-state index is 8.03. The van der Waals surface area contributed by atoms with Gasteiger partial charge in [-0.1, -0.05) is 48.0 Å². The van der Waals surface area contributed by atoms with Crippen LogP contribution in [0.15, 0.2) is 54.6 Å². The fraction of sp³-hybridized carbons (Fsp3) is 0.158. The van der Waals surface area contributed by atoms with Crippen molar-refractivity contribution in [2.45, 2.75) is 13.5 Å². The standard InChI is InChI=1S/C19H21N5O/c1-13-7-9-14(10-8-13)16-11-18(24-23-16)22-19(20)21-12-15-5-3-4-6-17(15)25-2/h3-11H,12H2,1-2H3,(H4,20,21,22,23,24). The van der Waals surface area contributed by atoms with Gasteiger partial charge in [0.15, 0.2) is 11.8 Å². The van der Waals surface area contributed by atoms with Crippen molar-refractivity contribution in [2.24, 2.45) is 0 Å². The molecule has 0 saturated heterocycles. The number of methoxy groups -OCH3 is 1. The molecule has 0 spiro atoms. The van der Waals surface area contributed by atoms with Gasteiger partial charge in [0, 0.05) is 18.2 Å². The SMILES string of the molecule is COc1ccccc1CNC(=N)Nc1cc(-c2ccc(C)cc2)[nH]n1. The van der Waals surface area contributed by atoms with Crippen LogP contribution in [0.2, 0.25) is 0 Å². The fourth-order valence-electron chi connectivity index (χ4n) is 2.47. The van der Waals surface area contributed by atoms with Gasteiger partial charge in [0.2, 0.25) is 0 Å². The molecule has 128 valence electrons. The van der Waals surface area contributed by atoms with Crippen LogP contribution in [0.1, 0.15) is 11.1 Å². The summed E-state index contributed by atoms with van der Waals surface area (Å²) in [5, 5.41) is 21.2. The number of para-hydroxylation sites is 1. The summed E-state index contributed by atoms with van der Waals surface area (Å²) in [7, 11) is 1.64. The molecular formula is C19H21N5O. The molecule has 1 aromatic heterocycles. The Labute approximate surface area is 146 Å². The van der Waals surface area contributed by atoms with E-state index in [9.17, 15) is 0 Å². The lowest BCUT2D eigenvalue weighted by atomic mass is 10.1. The van der Waals surface area contributed by atoms with E-state index >= 15 is 0 Å². The van der Waals surface area contributed by atoms with E-state index in [1.165, 1.54) is 5.56 Å². The van der Waals surface area contributed by atoms with Gasteiger partial charge in [-0.2, -0.15) is 5.10 Å². The molecule has 0 saturated carbocycles. The third-order valence-corrected chi connectivity index (χ3v) is 3.84. The summed E-state index contributed by atoms with van der Waals surface area (Å²) in [5.74, 6) is 1.56. The van der Waals surface area contributed by atoms with Gasteiger partial charge < -0.3 is 15.4 Å². The summed E-state index contributed by atoms with van der Waals surface area (Å²) in [4.78, 5) is 0. The molecule has 0 amide bonds. The summed E-state index contributed by atoms with van der Waals surface area (Å²) in [6.07, 6.45) is 0. The second kappa shape index (κ2) is 7.53. The minimum atomic E-state index is 0.174. The van der Waals surface area contributed by atoms with Gasteiger partial charge in [0.25, 0.3) is 0 Å². The predicted octanol–water partition coefficient (Wildman–Crippen LogP) is 3.53. The van der Waals surface area contributed by atoms with Crippen molar-refractivity contribution in [2.75, 3.05) is 12.4 Å². The van der Waals surface area contributed by atoms with Crippen molar-refractivity contribution >= 4 is 11.8 Å². The Morgan fingerprint density at radius 1 is 1.16 bits per heavy atom. The highest BCUT2D eigenvalue weighted by Gasteiger charge is 2.06. The molecule has 3 aromatic rings. The Morgan fingerprint density at radius 3 is 2.68 bits per heavy atom. The van der Waals surface area contributed by atoms with Crippen LogP contribution in [0, 0.1) is 12.3 Å². The third-order valence-electron chi connectivity index (χ3n) is 3.84. The van der Waals surface area contributed by atoms with Crippen LogP contribution >= 0.6 is 0 Å². The van der Waals surface area contributed by atoms with Crippen LogP contribution < -0.4 is 15.4 Å². The zero-order valence-electron chi connectivity index (χ0n) is 14.3. The fourth-order valence-corrected chi connectivity index (χ4v) is 2.47. The number of guanidine groups is 1. The highest BCUT2D eigenvalue weighted by Crippen LogP contribution is 2.20. The van der Waals surface area contributed by atoms with Gasteiger partial charge in [0.05, 0.1) is 12.8 Å². The van der Waals surface area contributed by atoms with Gasteiger partial charge in [-0.15, -0.1) is 0 Å². The van der Waals surface area contributed by atoms with E-state index in [0.29, 0.717) is 12.4 Å². The lowest BCUT2D eigenvalue weighted by Crippen LogP contribution is -2.29. The maximum Gasteiger partial charge on any atom is 0.194 e. The first-order chi connectivity index (χ1) is 12.2. The molecular weight excluding hydrogens is 314 g/mol. The number of hydrogen-bond acceptors (Lipinski definition) is 3. The number of benzene rings is 2. The van der Waals surface area contributed by atoms with E-state index < -0.39 is 0 Å². The lowest BCUT2D eigenvalue weighted by Gasteiger charge is -2.11. The minimum absolute atomic E-state index is 0.174. The molecule has 0 aliphatic carbocycles. The van der Waals surface area contributed by atoms with Crippen LogP contribution in [0.4, 0.5) is 5.82 Å². The van der Waals surface area contributed by atoms with Crippen molar-refractivity contribution in [1.82, 2.24) is 15.5 Å². The van der Waals surface area contributed by atoms with Crippen molar-refractivity contribution in [1.29, 1.82) is 5.41 Å². The van der Waals surface area contributed by atoms with Crippen LogP contribution in [-0.2, 0) is 6.54 Å². The molecule has 0 aliphatic rings. The van der Waals surface area contributed by atoms with Gasteiger partial charge in [0.1, 0.15) is 5.75 Å².